The highest BCUT2D eigenvalue weighted by Crippen LogP contribution is 2.22. The van der Waals surface area contributed by atoms with E-state index in [9.17, 15) is 0 Å². The lowest BCUT2D eigenvalue weighted by molar-refractivity contribution is 0.650. The van der Waals surface area contributed by atoms with Crippen LogP contribution in [0, 0.1) is 6.92 Å². The van der Waals surface area contributed by atoms with Crippen molar-refractivity contribution in [2.75, 3.05) is 5.75 Å². The monoisotopic (exact) mass is 289 g/mol. The molecule has 0 saturated heterocycles. The van der Waals surface area contributed by atoms with E-state index in [0.717, 1.165) is 24.3 Å². The number of aromatic nitrogens is 2. The molecule has 0 aliphatic carbocycles. The third-order valence-electron chi connectivity index (χ3n) is 3.41. The maximum atomic E-state index is 6.26. The molecule has 0 spiro atoms. The van der Waals surface area contributed by atoms with Gasteiger partial charge in [0.1, 0.15) is 0 Å². The van der Waals surface area contributed by atoms with Gasteiger partial charge in [0, 0.05) is 35.9 Å². The predicted molar refractivity (Wildman–Crippen MR) is 86.2 cm³/mol. The molecule has 2 rings (SSSR count). The van der Waals surface area contributed by atoms with E-state index in [1.165, 1.54) is 16.2 Å². The second-order valence-corrected chi connectivity index (χ2v) is 6.21. The summed E-state index contributed by atoms with van der Waals surface area (Å²) in [6.45, 7) is 4.27. The van der Waals surface area contributed by atoms with Gasteiger partial charge in [-0.15, -0.1) is 11.8 Å². The molecule has 2 N–H and O–H groups in total. The standard InChI is InChI=1S/C16H23N3S/c1-4-14-10-15(19(3)18-14)9-13(17)11-20-16-8-6-5-7-12(16)2/h5-8,10,13H,4,9,11,17H2,1-3H3. The second-order valence-electron chi connectivity index (χ2n) is 5.14. The zero-order chi connectivity index (χ0) is 14.5. The molecule has 1 atom stereocenters. The molecule has 0 radical (unpaired) electrons. The average Bonchev–Trinajstić information content (AvgIpc) is 2.78. The van der Waals surface area contributed by atoms with Crippen molar-refractivity contribution in [2.45, 2.75) is 37.6 Å². The van der Waals surface area contributed by atoms with Crippen LogP contribution in [-0.2, 0) is 19.9 Å². The molecule has 0 amide bonds. The van der Waals surface area contributed by atoms with Gasteiger partial charge in [0.25, 0.3) is 0 Å². The van der Waals surface area contributed by atoms with Crippen LogP contribution in [0.3, 0.4) is 0 Å². The van der Waals surface area contributed by atoms with Crippen LogP contribution in [0.2, 0.25) is 0 Å². The van der Waals surface area contributed by atoms with Crippen molar-refractivity contribution in [2.24, 2.45) is 12.8 Å². The van der Waals surface area contributed by atoms with Gasteiger partial charge in [-0.3, -0.25) is 4.68 Å². The molecular formula is C16H23N3S. The SMILES string of the molecule is CCc1cc(CC(N)CSc2ccccc2C)n(C)n1. The summed E-state index contributed by atoms with van der Waals surface area (Å²) in [5, 5.41) is 4.47. The van der Waals surface area contributed by atoms with Crippen LogP contribution < -0.4 is 5.73 Å². The lowest BCUT2D eigenvalue weighted by Crippen LogP contribution is -2.26. The third kappa shape index (κ3) is 3.87. The van der Waals surface area contributed by atoms with Gasteiger partial charge in [-0.05, 0) is 31.0 Å². The molecule has 1 aromatic carbocycles. The molecule has 20 heavy (non-hydrogen) atoms. The second kappa shape index (κ2) is 6.95. The smallest absolute Gasteiger partial charge is 0.0624 e. The van der Waals surface area contributed by atoms with E-state index in [4.69, 9.17) is 5.73 Å². The van der Waals surface area contributed by atoms with Crippen LogP contribution in [0.1, 0.15) is 23.9 Å². The van der Waals surface area contributed by atoms with Gasteiger partial charge in [-0.2, -0.15) is 5.10 Å². The van der Waals surface area contributed by atoms with E-state index < -0.39 is 0 Å². The molecule has 0 saturated carbocycles. The number of thioether (sulfide) groups is 1. The fraction of sp³-hybridized carbons (Fsp3) is 0.438. The molecule has 1 unspecified atom stereocenters. The van der Waals surface area contributed by atoms with Gasteiger partial charge in [-0.25, -0.2) is 0 Å². The maximum Gasteiger partial charge on any atom is 0.0624 e. The first-order valence-corrected chi connectivity index (χ1v) is 8.04. The number of aryl methyl sites for hydroxylation is 3. The van der Waals surface area contributed by atoms with E-state index in [2.05, 4.69) is 49.3 Å². The minimum atomic E-state index is 0.153. The van der Waals surface area contributed by atoms with Gasteiger partial charge in [0.2, 0.25) is 0 Å². The van der Waals surface area contributed by atoms with Crippen LogP contribution in [0.25, 0.3) is 0 Å². The van der Waals surface area contributed by atoms with Gasteiger partial charge in [0.05, 0.1) is 5.69 Å². The minimum absolute atomic E-state index is 0.153. The lowest BCUT2D eigenvalue weighted by Gasteiger charge is -2.12. The van der Waals surface area contributed by atoms with Gasteiger partial charge in [-0.1, -0.05) is 25.1 Å². The summed E-state index contributed by atoms with van der Waals surface area (Å²) in [4.78, 5) is 1.32. The molecule has 0 fully saturated rings. The van der Waals surface area contributed by atoms with Crippen molar-refractivity contribution in [1.82, 2.24) is 9.78 Å². The Morgan fingerprint density at radius 2 is 2.10 bits per heavy atom. The van der Waals surface area contributed by atoms with Crippen molar-refractivity contribution >= 4 is 11.8 Å². The van der Waals surface area contributed by atoms with Gasteiger partial charge >= 0.3 is 0 Å². The molecule has 0 bridgehead atoms. The molecule has 2 aromatic rings. The summed E-state index contributed by atoms with van der Waals surface area (Å²) in [6.07, 6.45) is 1.85. The Morgan fingerprint density at radius 3 is 2.75 bits per heavy atom. The molecule has 0 aliphatic rings. The average molecular weight is 289 g/mol. The summed E-state index contributed by atoms with van der Waals surface area (Å²) >= 11 is 1.84. The molecule has 0 aliphatic heterocycles. The summed E-state index contributed by atoms with van der Waals surface area (Å²) in [5.41, 5.74) is 9.94. The Bertz CT molecular complexity index is 563. The lowest BCUT2D eigenvalue weighted by atomic mass is 10.2. The third-order valence-corrected chi connectivity index (χ3v) is 4.77. The summed E-state index contributed by atoms with van der Waals surface area (Å²) < 4.78 is 1.96. The minimum Gasteiger partial charge on any atom is -0.327 e. The zero-order valence-electron chi connectivity index (χ0n) is 12.5. The van der Waals surface area contributed by atoms with Gasteiger partial charge < -0.3 is 5.73 Å². The van der Waals surface area contributed by atoms with Crippen molar-refractivity contribution in [1.29, 1.82) is 0 Å². The van der Waals surface area contributed by atoms with Crippen molar-refractivity contribution in [3.05, 3.63) is 47.3 Å². The number of hydrogen-bond acceptors (Lipinski definition) is 3. The fourth-order valence-electron chi connectivity index (χ4n) is 2.18. The Labute approximate surface area is 125 Å². The maximum absolute atomic E-state index is 6.26. The highest BCUT2D eigenvalue weighted by molar-refractivity contribution is 7.99. The predicted octanol–water partition coefficient (Wildman–Crippen LogP) is 2.95. The quantitative estimate of drug-likeness (QED) is 0.832. The Hall–Kier alpha value is -1.26. The van der Waals surface area contributed by atoms with Crippen molar-refractivity contribution in [3.8, 4) is 0 Å². The highest BCUT2D eigenvalue weighted by atomic mass is 32.2. The summed E-state index contributed by atoms with van der Waals surface area (Å²) in [6, 6.07) is 10.8. The van der Waals surface area contributed by atoms with Crippen LogP contribution >= 0.6 is 11.8 Å². The highest BCUT2D eigenvalue weighted by Gasteiger charge is 2.10. The molecule has 3 nitrogen and oxygen atoms in total. The van der Waals surface area contributed by atoms with E-state index in [-0.39, 0.29) is 6.04 Å². The number of nitrogens with zero attached hydrogens (tertiary/aromatic N) is 2. The largest absolute Gasteiger partial charge is 0.327 e. The molecule has 4 heteroatoms. The molecule has 1 aromatic heterocycles. The Kier molecular flexibility index (Phi) is 5.26. The van der Waals surface area contributed by atoms with Crippen molar-refractivity contribution in [3.63, 3.8) is 0 Å². The fourth-order valence-corrected chi connectivity index (χ4v) is 3.16. The van der Waals surface area contributed by atoms with Crippen LogP contribution in [-0.4, -0.2) is 21.6 Å². The molecule has 108 valence electrons. The first kappa shape index (κ1) is 15.1. The number of hydrogen-bond donors (Lipinski definition) is 1. The molecular weight excluding hydrogens is 266 g/mol. The Morgan fingerprint density at radius 1 is 1.35 bits per heavy atom. The van der Waals surface area contributed by atoms with Crippen LogP contribution in [0.15, 0.2) is 35.2 Å². The number of benzene rings is 1. The summed E-state index contributed by atoms with van der Waals surface area (Å²) in [7, 11) is 2.00. The number of nitrogens with two attached hydrogens (primary N) is 1. The molecule has 1 heterocycles. The first-order chi connectivity index (χ1) is 9.60. The number of rotatable bonds is 6. The van der Waals surface area contributed by atoms with E-state index in [1.807, 2.05) is 23.5 Å². The van der Waals surface area contributed by atoms with Crippen molar-refractivity contribution < 1.29 is 0 Å². The zero-order valence-corrected chi connectivity index (χ0v) is 13.3. The normalized spacial score (nSPS) is 12.6. The summed E-state index contributed by atoms with van der Waals surface area (Å²) in [5.74, 6) is 0.928. The van der Waals surface area contributed by atoms with E-state index in [0.29, 0.717) is 0 Å². The van der Waals surface area contributed by atoms with E-state index >= 15 is 0 Å². The topological polar surface area (TPSA) is 43.8 Å². The van der Waals surface area contributed by atoms with E-state index in [1.54, 1.807) is 0 Å². The first-order valence-electron chi connectivity index (χ1n) is 7.06. The Balaban J connectivity index is 1.91. The van der Waals surface area contributed by atoms with Crippen LogP contribution in [0.4, 0.5) is 0 Å². The van der Waals surface area contributed by atoms with Gasteiger partial charge in [0.15, 0.2) is 0 Å². The van der Waals surface area contributed by atoms with Crippen LogP contribution in [0.5, 0.6) is 0 Å².